The quantitative estimate of drug-likeness (QED) is 0.548. The number of pyridine rings is 2. The fourth-order valence-electron chi connectivity index (χ4n) is 4.08. The number of nitrogens with two attached hydrogens (primary N) is 1. The Morgan fingerprint density at radius 1 is 1.29 bits per heavy atom. The van der Waals surface area contributed by atoms with Gasteiger partial charge in [-0.25, -0.2) is 9.97 Å². The number of aromatic hydroxyl groups is 1. The van der Waals surface area contributed by atoms with E-state index >= 15 is 0 Å². The Kier molecular flexibility index (Phi) is 3.69. The van der Waals surface area contributed by atoms with Crippen molar-refractivity contribution < 1.29 is 9.84 Å². The number of hydrogen-bond donors (Lipinski definition) is 2. The number of hydrogen-bond acceptors (Lipinski definition) is 5. The maximum atomic E-state index is 10.8. The van der Waals surface area contributed by atoms with Crippen LogP contribution in [0.15, 0.2) is 36.7 Å². The smallest absolute Gasteiger partial charge is 0.215 e. The van der Waals surface area contributed by atoms with Crippen molar-refractivity contribution in [1.82, 2.24) is 14.5 Å². The van der Waals surface area contributed by atoms with Crippen molar-refractivity contribution >= 4 is 27.5 Å². The van der Waals surface area contributed by atoms with Crippen LogP contribution in [0.3, 0.4) is 0 Å². The summed E-state index contributed by atoms with van der Waals surface area (Å²) in [6.07, 6.45) is 7.07. The number of aromatic nitrogens is 3. The van der Waals surface area contributed by atoms with Crippen LogP contribution in [0.2, 0.25) is 0 Å². The van der Waals surface area contributed by atoms with Gasteiger partial charge in [0.2, 0.25) is 11.8 Å². The van der Waals surface area contributed by atoms with Gasteiger partial charge in [0.1, 0.15) is 0 Å². The molecule has 0 bridgehead atoms. The summed E-state index contributed by atoms with van der Waals surface area (Å²) in [5, 5.41) is 12.2. The van der Waals surface area contributed by atoms with Crippen LogP contribution in [-0.4, -0.2) is 26.8 Å². The molecule has 5 rings (SSSR count). The highest BCUT2D eigenvalue weighted by Crippen LogP contribution is 2.43. The third kappa shape index (κ3) is 2.34. The molecule has 3 aromatic heterocycles. The third-order valence-corrected chi connectivity index (χ3v) is 5.82. The minimum Gasteiger partial charge on any atom is -0.494 e. The first-order valence-electron chi connectivity index (χ1n) is 9.51. The Bertz CT molecular complexity index is 1220. The maximum Gasteiger partial charge on any atom is 0.215 e. The number of fused-ring (bicyclic) bond motifs is 2. The van der Waals surface area contributed by atoms with Crippen LogP contribution in [-0.2, 0) is 0 Å². The molecular formula is C22H22N4O2. The summed E-state index contributed by atoms with van der Waals surface area (Å²) in [4.78, 5) is 9.29. The monoisotopic (exact) mass is 374 g/mol. The molecule has 0 unspecified atom stereocenters. The minimum absolute atomic E-state index is 0.221. The second kappa shape index (κ2) is 6.12. The zero-order chi connectivity index (χ0) is 19.4. The second-order valence-electron chi connectivity index (χ2n) is 7.48. The van der Waals surface area contributed by atoms with Crippen molar-refractivity contribution in [2.24, 2.45) is 0 Å². The summed E-state index contributed by atoms with van der Waals surface area (Å²) < 4.78 is 7.20. The summed E-state index contributed by atoms with van der Waals surface area (Å²) in [5.41, 5.74) is 11.5. The lowest BCUT2D eigenvalue weighted by molar-refractivity contribution is 0.283. The normalized spacial score (nSPS) is 14.5. The number of nitrogens with zero attached hydrogens (tertiary/aromatic N) is 3. The van der Waals surface area contributed by atoms with Crippen LogP contribution in [0, 0.1) is 6.92 Å². The predicted molar refractivity (Wildman–Crippen MR) is 111 cm³/mol. The van der Waals surface area contributed by atoms with Crippen LogP contribution in [0.1, 0.15) is 30.9 Å². The van der Waals surface area contributed by atoms with E-state index in [1.165, 1.54) is 6.42 Å². The fourth-order valence-corrected chi connectivity index (χ4v) is 4.08. The van der Waals surface area contributed by atoms with Crippen molar-refractivity contribution in [3.05, 3.63) is 42.2 Å². The molecule has 0 spiro atoms. The number of aryl methyl sites for hydroxylation is 1. The Balaban J connectivity index is 1.76. The summed E-state index contributed by atoms with van der Waals surface area (Å²) in [6, 6.07) is 8.31. The number of ether oxygens (including phenoxy) is 1. The average Bonchev–Trinajstić information content (AvgIpc) is 2.96. The van der Waals surface area contributed by atoms with Crippen LogP contribution in [0.5, 0.6) is 11.8 Å². The molecule has 1 aliphatic carbocycles. The van der Waals surface area contributed by atoms with Gasteiger partial charge < -0.3 is 20.1 Å². The highest BCUT2D eigenvalue weighted by Gasteiger charge is 2.25. The van der Waals surface area contributed by atoms with E-state index in [1.54, 1.807) is 13.3 Å². The average molecular weight is 374 g/mol. The molecule has 28 heavy (non-hydrogen) atoms. The molecule has 0 aliphatic heterocycles. The van der Waals surface area contributed by atoms with E-state index in [0.29, 0.717) is 23.0 Å². The minimum atomic E-state index is 0.221. The Morgan fingerprint density at radius 3 is 2.79 bits per heavy atom. The molecule has 1 fully saturated rings. The van der Waals surface area contributed by atoms with E-state index in [0.717, 1.165) is 46.0 Å². The first-order chi connectivity index (χ1) is 13.6. The number of nitrogen functional groups attached to an aromatic ring is 1. The van der Waals surface area contributed by atoms with Gasteiger partial charge in [0.25, 0.3) is 0 Å². The lowest BCUT2D eigenvalue weighted by Gasteiger charge is -2.27. The molecule has 6 heteroatoms. The fraction of sp³-hybridized carbons (Fsp3) is 0.273. The molecule has 3 N–H and O–H groups in total. The highest BCUT2D eigenvalue weighted by molar-refractivity contribution is 6.12. The van der Waals surface area contributed by atoms with Gasteiger partial charge >= 0.3 is 0 Å². The second-order valence-corrected chi connectivity index (χ2v) is 7.48. The zero-order valence-electron chi connectivity index (χ0n) is 15.9. The number of methoxy groups -OCH3 is 1. The molecule has 6 nitrogen and oxygen atoms in total. The molecular weight excluding hydrogens is 352 g/mol. The van der Waals surface area contributed by atoms with Crippen LogP contribution in [0.25, 0.3) is 32.9 Å². The van der Waals surface area contributed by atoms with Crippen LogP contribution >= 0.6 is 0 Å². The number of anilines is 1. The lowest BCUT2D eigenvalue weighted by Crippen LogP contribution is -2.15. The van der Waals surface area contributed by atoms with Gasteiger partial charge in [-0.05, 0) is 32.3 Å². The lowest BCUT2D eigenvalue weighted by atomic mass is 9.93. The molecule has 0 amide bonds. The number of rotatable bonds is 3. The van der Waals surface area contributed by atoms with Gasteiger partial charge in [-0.15, -0.1) is 0 Å². The van der Waals surface area contributed by atoms with Gasteiger partial charge in [0.15, 0.2) is 0 Å². The summed E-state index contributed by atoms with van der Waals surface area (Å²) in [6.45, 7) is 1.97. The molecule has 1 saturated carbocycles. The Hall–Kier alpha value is -3.28. The molecule has 1 aliphatic rings. The van der Waals surface area contributed by atoms with Crippen molar-refractivity contribution in [2.75, 3.05) is 12.8 Å². The van der Waals surface area contributed by atoms with Gasteiger partial charge in [0, 0.05) is 40.5 Å². The zero-order valence-corrected chi connectivity index (χ0v) is 15.9. The van der Waals surface area contributed by atoms with E-state index in [-0.39, 0.29) is 5.88 Å². The molecule has 1 aromatic carbocycles. The van der Waals surface area contributed by atoms with Crippen molar-refractivity contribution in [1.29, 1.82) is 0 Å². The first kappa shape index (κ1) is 16.9. The summed E-state index contributed by atoms with van der Waals surface area (Å²) in [7, 11) is 1.62. The molecule has 0 atom stereocenters. The van der Waals surface area contributed by atoms with Crippen molar-refractivity contribution in [3.8, 4) is 22.9 Å². The van der Waals surface area contributed by atoms with Crippen LogP contribution in [0.4, 0.5) is 5.69 Å². The van der Waals surface area contributed by atoms with E-state index in [9.17, 15) is 5.11 Å². The van der Waals surface area contributed by atoms with Crippen LogP contribution < -0.4 is 10.5 Å². The third-order valence-electron chi connectivity index (χ3n) is 5.82. The molecule has 4 aromatic rings. The SMILES string of the molecule is COc1ncc(-c2cccc3c(N)c4c(O)n(C5CCC5)cc4nc23)cc1C. The predicted octanol–water partition coefficient (Wildman–Crippen LogP) is 4.58. The van der Waals surface area contributed by atoms with E-state index < -0.39 is 0 Å². The van der Waals surface area contributed by atoms with E-state index in [4.69, 9.17) is 15.5 Å². The van der Waals surface area contributed by atoms with E-state index in [1.807, 2.05) is 42.0 Å². The number of benzene rings is 1. The first-order valence-corrected chi connectivity index (χ1v) is 9.51. The molecule has 3 heterocycles. The molecule has 0 saturated heterocycles. The summed E-state index contributed by atoms with van der Waals surface area (Å²) >= 11 is 0. The number of para-hydroxylation sites is 1. The molecule has 142 valence electrons. The highest BCUT2D eigenvalue weighted by atomic mass is 16.5. The van der Waals surface area contributed by atoms with E-state index in [2.05, 4.69) is 4.98 Å². The standard InChI is InChI=1S/C22H22N4O2/c1-12-9-13(10-24-21(12)28-2)15-7-4-8-16-19(23)18-17(25-20(15)16)11-26(22(18)27)14-5-3-6-14/h4,7-11,14,27H,3,5-6,23H2,1-2H3. The van der Waals surface area contributed by atoms with Crippen molar-refractivity contribution in [3.63, 3.8) is 0 Å². The van der Waals surface area contributed by atoms with Gasteiger partial charge in [-0.1, -0.05) is 18.2 Å². The topological polar surface area (TPSA) is 86.2 Å². The van der Waals surface area contributed by atoms with Gasteiger partial charge in [0.05, 0.1) is 29.2 Å². The maximum absolute atomic E-state index is 10.8. The summed E-state index contributed by atoms with van der Waals surface area (Å²) in [5.74, 6) is 0.834. The van der Waals surface area contributed by atoms with Gasteiger partial charge in [-0.2, -0.15) is 0 Å². The van der Waals surface area contributed by atoms with Gasteiger partial charge in [-0.3, -0.25) is 0 Å². The van der Waals surface area contributed by atoms with Crippen molar-refractivity contribution in [2.45, 2.75) is 32.2 Å². The Labute approximate surface area is 162 Å². The Morgan fingerprint density at radius 2 is 2.11 bits per heavy atom. The molecule has 0 radical (unpaired) electrons. The largest absolute Gasteiger partial charge is 0.494 e.